The summed E-state index contributed by atoms with van der Waals surface area (Å²) >= 11 is 9.21. The van der Waals surface area contributed by atoms with Gasteiger partial charge >= 0.3 is 0 Å². The van der Waals surface area contributed by atoms with Crippen molar-refractivity contribution in [3.8, 4) is 0 Å². The number of aliphatic hydroxyl groups is 1. The number of aryl methyl sites for hydroxylation is 2. The highest BCUT2D eigenvalue weighted by molar-refractivity contribution is 8.00. The van der Waals surface area contributed by atoms with Crippen molar-refractivity contribution in [2.75, 3.05) is 11.9 Å². The zero-order chi connectivity index (χ0) is 20.4. The van der Waals surface area contributed by atoms with Crippen LogP contribution in [0.4, 0.5) is 10.8 Å². The number of fused-ring (bicyclic) bond motifs is 1. The second-order valence-electron chi connectivity index (χ2n) is 6.62. The summed E-state index contributed by atoms with van der Waals surface area (Å²) < 4.78 is 2.86. The lowest BCUT2D eigenvalue weighted by atomic mass is 10.1. The third-order valence-corrected chi connectivity index (χ3v) is 6.81. The van der Waals surface area contributed by atoms with Gasteiger partial charge in [0.25, 0.3) is 0 Å². The van der Waals surface area contributed by atoms with Gasteiger partial charge in [-0.2, -0.15) is 0 Å². The van der Waals surface area contributed by atoms with E-state index in [2.05, 4.69) is 41.5 Å². The highest BCUT2D eigenvalue weighted by Gasteiger charge is 2.13. The minimum atomic E-state index is 0.0402. The first-order valence-corrected chi connectivity index (χ1v) is 11.3. The third kappa shape index (κ3) is 4.56. The summed E-state index contributed by atoms with van der Waals surface area (Å²) in [6.45, 7) is 4.70. The summed E-state index contributed by atoms with van der Waals surface area (Å²) in [5, 5.41) is 22.7. The minimum Gasteiger partial charge on any atom is -0.395 e. The lowest BCUT2D eigenvalue weighted by Gasteiger charge is -2.06. The van der Waals surface area contributed by atoms with Gasteiger partial charge in [-0.3, -0.25) is 0 Å². The van der Waals surface area contributed by atoms with Crippen LogP contribution < -0.4 is 5.32 Å². The molecule has 9 heteroatoms. The molecule has 2 N–H and O–H groups in total. The SMILES string of the molecule is Cc1ccc(Nc2nnc(SCc3nc4ccc(Cl)cc4n3CCO)s2)cc1C. The van der Waals surface area contributed by atoms with Crippen molar-refractivity contribution in [1.29, 1.82) is 0 Å². The van der Waals surface area contributed by atoms with Crippen molar-refractivity contribution in [3.63, 3.8) is 0 Å². The molecule has 2 heterocycles. The molecule has 0 atom stereocenters. The smallest absolute Gasteiger partial charge is 0.210 e. The maximum atomic E-state index is 9.44. The van der Waals surface area contributed by atoms with Gasteiger partial charge in [0.05, 0.1) is 23.4 Å². The fraction of sp³-hybridized carbons (Fsp3) is 0.250. The lowest BCUT2D eigenvalue weighted by molar-refractivity contribution is 0.276. The Kier molecular flexibility index (Phi) is 6.05. The summed E-state index contributed by atoms with van der Waals surface area (Å²) in [7, 11) is 0. The Morgan fingerprint density at radius 3 is 2.79 bits per heavy atom. The maximum absolute atomic E-state index is 9.44. The van der Waals surface area contributed by atoms with E-state index in [1.165, 1.54) is 22.5 Å². The van der Waals surface area contributed by atoms with E-state index < -0.39 is 0 Å². The molecule has 150 valence electrons. The van der Waals surface area contributed by atoms with Crippen molar-refractivity contribution in [2.45, 2.75) is 30.5 Å². The molecule has 4 rings (SSSR count). The predicted octanol–water partition coefficient (Wildman–Crippen LogP) is 5.19. The van der Waals surface area contributed by atoms with Gasteiger partial charge in [-0.1, -0.05) is 40.8 Å². The normalized spacial score (nSPS) is 11.3. The third-order valence-electron chi connectivity index (χ3n) is 4.60. The zero-order valence-corrected chi connectivity index (χ0v) is 18.4. The molecular weight excluding hydrogens is 426 g/mol. The number of aliphatic hydroxyl groups excluding tert-OH is 1. The Labute approximate surface area is 182 Å². The maximum Gasteiger partial charge on any atom is 0.210 e. The number of aromatic nitrogens is 4. The van der Waals surface area contributed by atoms with Gasteiger partial charge in [0.1, 0.15) is 5.82 Å². The molecule has 0 aliphatic rings. The second-order valence-corrected chi connectivity index (χ2v) is 9.26. The molecule has 0 saturated heterocycles. The van der Waals surface area contributed by atoms with E-state index in [0.717, 1.165) is 32.0 Å². The van der Waals surface area contributed by atoms with Crippen LogP contribution in [-0.2, 0) is 12.3 Å². The number of hydrogen-bond acceptors (Lipinski definition) is 7. The van der Waals surface area contributed by atoms with Crippen molar-refractivity contribution in [1.82, 2.24) is 19.7 Å². The van der Waals surface area contributed by atoms with Gasteiger partial charge in [-0.25, -0.2) is 4.98 Å². The Bertz CT molecular complexity index is 1160. The largest absolute Gasteiger partial charge is 0.395 e. The van der Waals surface area contributed by atoms with Gasteiger partial charge in [0, 0.05) is 17.3 Å². The van der Waals surface area contributed by atoms with Gasteiger partial charge in [-0.05, 0) is 55.3 Å². The predicted molar refractivity (Wildman–Crippen MR) is 120 cm³/mol. The molecule has 0 aliphatic carbocycles. The van der Waals surface area contributed by atoms with Crippen LogP contribution in [0.1, 0.15) is 17.0 Å². The molecule has 0 unspecified atom stereocenters. The van der Waals surface area contributed by atoms with E-state index in [0.29, 0.717) is 17.3 Å². The van der Waals surface area contributed by atoms with Crippen LogP contribution in [0.2, 0.25) is 5.02 Å². The summed E-state index contributed by atoms with van der Waals surface area (Å²) in [5.74, 6) is 1.50. The quantitative estimate of drug-likeness (QED) is 0.381. The average molecular weight is 446 g/mol. The van der Waals surface area contributed by atoms with Gasteiger partial charge in [0.15, 0.2) is 4.34 Å². The number of rotatable bonds is 7. The van der Waals surface area contributed by atoms with Crippen LogP contribution in [-0.4, -0.2) is 31.5 Å². The fourth-order valence-corrected chi connectivity index (χ4v) is 4.88. The van der Waals surface area contributed by atoms with Crippen molar-refractivity contribution >= 4 is 56.6 Å². The number of thioether (sulfide) groups is 1. The number of nitrogens with zero attached hydrogens (tertiary/aromatic N) is 4. The number of imidazole rings is 1. The molecule has 0 bridgehead atoms. The molecule has 0 amide bonds. The van der Waals surface area contributed by atoms with E-state index in [4.69, 9.17) is 16.6 Å². The number of benzene rings is 2. The van der Waals surface area contributed by atoms with Crippen LogP contribution in [0.5, 0.6) is 0 Å². The summed E-state index contributed by atoms with van der Waals surface area (Å²) in [5.41, 5.74) is 5.29. The van der Waals surface area contributed by atoms with Gasteiger partial charge in [0.2, 0.25) is 5.13 Å². The Balaban J connectivity index is 1.48. The van der Waals surface area contributed by atoms with Crippen LogP contribution in [0.25, 0.3) is 11.0 Å². The number of nitrogens with one attached hydrogen (secondary N) is 1. The molecule has 0 fully saturated rings. The van der Waals surface area contributed by atoms with E-state index >= 15 is 0 Å². The van der Waals surface area contributed by atoms with Crippen molar-refractivity contribution in [2.24, 2.45) is 0 Å². The summed E-state index contributed by atoms with van der Waals surface area (Å²) in [6, 6.07) is 11.8. The highest BCUT2D eigenvalue weighted by atomic mass is 35.5. The van der Waals surface area contributed by atoms with Gasteiger partial charge < -0.3 is 15.0 Å². The first-order valence-electron chi connectivity index (χ1n) is 9.09. The lowest BCUT2D eigenvalue weighted by Crippen LogP contribution is -2.06. The zero-order valence-electron chi connectivity index (χ0n) is 16.0. The second kappa shape index (κ2) is 8.71. The Hall–Kier alpha value is -2.13. The molecule has 4 aromatic rings. The fourth-order valence-electron chi connectivity index (χ4n) is 2.99. The molecule has 29 heavy (non-hydrogen) atoms. The molecular formula is C20H20ClN5OS2. The topological polar surface area (TPSA) is 75.9 Å². The summed E-state index contributed by atoms with van der Waals surface area (Å²) in [4.78, 5) is 4.69. The van der Waals surface area contributed by atoms with Crippen molar-refractivity contribution < 1.29 is 5.11 Å². The van der Waals surface area contributed by atoms with Crippen LogP contribution in [0.3, 0.4) is 0 Å². The van der Waals surface area contributed by atoms with E-state index in [9.17, 15) is 5.11 Å². The monoisotopic (exact) mass is 445 g/mol. The number of anilines is 2. The Morgan fingerprint density at radius 1 is 1.14 bits per heavy atom. The molecule has 0 saturated carbocycles. The van der Waals surface area contributed by atoms with Crippen LogP contribution in [0, 0.1) is 13.8 Å². The van der Waals surface area contributed by atoms with Crippen LogP contribution in [0.15, 0.2) is 40.7 Å². The molecule has 2 aromatic heterocycles. The molecule has 0 radical (unpaired) electrons. The first kappa shape index (κ1) is 20.2. The molecule has 2 aromatic carbocycles. The van der Waals surface area contributed by atoms with E-state index in [1.807, 2.05) is 28.8 Å². The molecule has 0 spiro atoms. The average Bonchev–Trinajstić information content (AvgIpc) is 3.28. The molecule has 6 nitrogen and oxygen atoms in total. The first-order chi connectivity index (χ1) is 14.0. The van der Waals surface area contributed by atoms with Crippen LogP contribution >= 0.6 is 34.7 Å². The van der Waals surface area contributed by atoms with E-state index in [1.54, 1.807) is 11.8 Å². The van der Waals surface area contributed by atoms with Gasteiger partial charge in [-0.15, -0.1) is 10.2 Å². The van der Waals surface area contributed by atoms with E-state index in [-0.39, 0.29) is 6.61 Å². The molecule has 0 aliphatic heterocycles. The minimum absolute atomic E-state index is 0.0402. The van der Waals surface area contributed by atoms with Crippen molar-refractivity contribution in [3.05, 3.63) is 58.4 Å². The number of hydrogen-bond donors (Lipinski definition) is 2. The number of halogens is 1. The Morgan fingerprint density at radius 2 is 2.00 bits per heavy atom. The highest BCUT2D eigenvalue weighted by Crippen LogP contribution is 2.31. The summed E-state index contributed by atoms with van der Waals surface area (Å²) in [6.07, 6.45) is 0. The standard InChI is InChI=1S/C20H20ClN5OS2/c1-12-3-5-15(9-13(12)2)22-19-24-25-20(29-19)28-11-18-23-16-6-4-14(21)10-17(16)26(18)7-8-27/h3-6,9-10,27H,7-8,11H2,1-2H3,(H,22,24).